The van der Waals surface area contributed by atoms with Gasteiger partial charge in [0.1, 0.15) is 30.2 Å². The van der Waals surface area contributed by atoms with E-state index < -0.39 is 49.9 Å². The van der Waals surface area contributed by atoms with Crippen molar-refractivity contribution in [1.29, 1.82) is 0 Å². The second-order valence-electron chi connectivity index (χ2n) is 5.04. The highest BCUT2D eigenvalue weighted by Crippen LogP contribution is 2.26. The Morgan fingerprint density at radius 1 is 1.26 bits per heavy atom. The first-order valence-electron chi connectivity index (χ1n) is 6.88. The molecule has 0 radical (unpaired) electrons. The summed E-state index contributed by atoms with van der Waals surface area (Å²) in [6.45, 7) is -1.40. The van der Waals surface area contributed by atoms with Crippen LogP contribution in [-0.2, 0) is 14.3 Å². The minimum Gasteiger partial charge on any atom is -0.548 e. The molecule has 1 aliphatic rings. The van der Waals surface area contributed by atoms with Crippen LogP contribution >= 0.6 is 0 Å². The number of anilines is 1. The third-order valence-electron chi connectivity index (χ3n) is 3.35. The molecule has 5 N–H and O–H groups in total. The lowest BCUT2D eigenvalue weighted by Gasteiger charge is -2.41. The lowest BCUT2D eigenvalue weighted by molar-refractivity contribution is -0.320. The lowest BCUT2D eigenvalue weighted by Crippen LogP contribution is -2.61. The number of hydrogen-bond acceptors (Lipinski definition) is 9. The fourth-order valence-electron chi connectivity index (χ4n) is 2.19. The third kappa shape index (κ3) is 4.30. The van der Waals surface area contributed by atoms with E-state index in [0.29, 0.717) is 11.4 Å². The van der Waals surface area contributed by atoms with Gasteiger partial charge in [0.2, 0.25) is 6.29 Å². The average molecular weight is 328 g/mol. The molecule has 1 aromatic carbocycles. The van der Waals surface area contributed by atoms with E-state index in [9.17, 15) is 25.2 Å². The predicted molar refractivity (Wildman–Crippen MR) is 74.0 cm³/mol. The van der Waals surface area contributed by atoms with Crippen LogP contribution in [0.15, 0.2) is 24.3 Å². The molecule has 5 atom stereocenters. The van der Waals surface area contributed by atoms with Gasteiger partial charge in [-0.2, -0.15) is 0 Å². The Labute approximate surface area is 131 Å². The number of carboxylic acid groups (broad SMARTS) is 1. The molecular weight excluding hydrogens is 310 g/mol. The van der Waals surface area contributed by atoms with E-state index >= 15 is 0 Å². The Morgan fingerprint density at radius 2 is 1.91 bits per heavy atom. The summed E-state index contributed by atoms with van der Waals surface area (Å²) in [6.07, 6.45) is -6.61. The zero-order valence-electron chi connectivity index (χ0n) is 12.1. The Morgan fingerprint density at radius 3 is 2.48 bits per heavy atom. The molecule has 0 amide bonds. The first kappa shape index (κ1) is 17.4. The zero-order chi connectivity index (χ0) is 17.0. The molecule has 9 nitrogen and oxygen atoms in total. The van der Waals surface area contributed by atoms with E-state index in [2.05, 4.69) is 0 Å². The minimum atomic E-state index is -1.51. The van der Waals surface area contributed by atoms with E-state index in [1.54, 1.807) is 24.3 Å². The smallest absolute Gasteiger partial charge is 0.229 e. The van der Waals surface area contributed by atoms with Crippen LogP contribution < -0.4 is 15.6 Å². The molecule has 1 fully saturated rings. The van der Waals surface area contributed by atoms with Crippen LogP contribution in [-0.4, -0.2) is 65.2 Å². The Hall–Kier alpha value is -1.91. The van der Waals surface area contributed by atoms with Crippen molar-refractivity contribution < 1.29 is 39.4 Å². The molecule has 2 rings (SSSR count). The quantitative estimate of drug-likeness (QED) is 0.406. The molecule has 23 heavy (non-hydrogen) atoms. The number of nitrogens with two attached hydrogens (primary N) is 1. The fraction of sp³-hybridized carbons (Fsp3) is 0.500. The molecule has 5 unspecified atom stereocenters. The molecule has 0 spiro atoms. The summed E-state index contributed by atoms with van der Waals surface area (Å²) < 4.78 is 15.7. The summed E-state index contributed by atoms with van der Waals surface area (Å²) in [6, 6.07) is 6.24. The zero-order valence-corrected chi connectivity index (χ0v) is 12.1. The number of benzene rings is 1. The van der Waals surface area contributed by atoms with E-state index in [1.165, 1.54) is 0 Å². The monoisotopic (exact) mass is 328 g/mol. The second-order valence-corrected chi connectivity index (χ2v) is 5.04. The van der Waals surface area contributed by atoms with Crippen molar-refractivity contribution in [3.8, 4) is 5.75 Å². The highest BCUT2D eigenvalue weighted by molar-refractivity contribution is 5.65. The number of nitrogen functional groups attached to an aromatic ring is 1. The Balaban J connectivity index is 2.11. The number of hydrogen-bond donors (Lipinski definition) is 4. The molecule has 0 bridgehead atoms. The Kier molecular flexibility index (Phi) is 5.74. The van der Waals surface area contributed by atoms with E-state index in [4.69, 9.17) is 19.9 Å². The van der Waals surface area contributed by atoms with Gasteiger partial charge in [-0.15, -0.1) is 0 Å². The first-order valence-corrected chi connectivity index (χ1v) is 6.88. The van der Waals surface area contributed by atoms with Crippen LogP contribution in [0.3, 0.4) is 0 Å². The van der Waals surface area contributed by atoms with Crippen molar-refractivity contribution in [2.24, 2.45) is 0 Å². The number of aliphatic hydroxyl groups is 3. The van der Waals surface area contributed by atoms with Crippen LogP contribution in [0.1, 0.15) is 0 Å². The lowest BCUT2D eigenvalue weighted by atomic mass is 9.99. The van der Waals surface area contributed by atoms with Gasteiger partial charge < -0.3 is 45.2 Å². The van der Waals surface area contributed by atoms with E-state index in [1.807, 2.05) is 0 Å². The maximum atomic E-state index is 10.5. The van der Waals surface area contributed by atoms with Gasteiger partial charge in [0, 0.05) is 5.69 Å². The van der Waals surface area contributed by atoms with Crippen molar-refractivity contribution in [3.05, 3.63) is 24.3 Å². The van der Waals surface area contributed by atoms with Gasteiger partial charge in [-0.3, -0.25) is 0 Å². The number of aliphatic carboxylic acids is 1. The summed E-state index contributed by atoms with van der Waals surface area (Å²) in [5.41, 5.74) is 6.07. The Bertz CT molecular complexity index is 522. The van der Waals surface area contributed by atoms with Crippen molar-refractivity contribution >= 4 is 11.7 Å². The van der Waals surface area contributed by atoms with Crippen LogP contribution in [0.25, 0.3) is 0 Å². The molecule has 9 heteroatoms. The van der Waals surface area contributed by atoms with Gasteiger partial charge in [-0.05, 0) is 24.3 Å². The summed E-state index contributed by atoms with van der Waals surface area (Å²) in [5.74, 6) is -1.18. The largest absolute Gasteiger partial charge is 0.548 e. The van der Waals surface area contributed by atoms with Gasteiger partial charge in [0.25, 0.3) is 0 Å². The summed E-state index contributed by atoms with van der Waals surface area (Å²) in [4.78, 5) is 10.5. The van der Waals surface area contributed by atoms with Gasteiger partial charge >= 0.3 is 0 Å². The number of carbonyl (C=O) groups excluding carboxylic acids is 1. The molecule has 0 aromatic heterocycles. The summed E-state index contributed by atoms with van der Waals surface area (Å²) in [7, 11) is 0. The third-order valence-corrected chi connectivity index (χ3v) is 3.35. The van der Waals surface area contributed by atoms with Crippen LogP contribution in [0.2, 0.25) is 0 Å². The topological polar surface area (TPSA) is 155 Å². The SMILES string of the molecule is Nc1ccc(OC2OC(CO)C(O)C(OCC(=O)[O-])C2O)cc1. The number of carbonyl (C=O) groups is 1. The van der Waals surface area contributed by atoms with Crippen LogP contribution in [0, 0.1) is 0 Å². The van der Waals surface area contributed by atoms with Crippen LogP contribution in [0.4, 0.5) is 5.69 Å². The van der Waals surface area contributed by atoms with Crippen molar-refractivity contribution in [1.82, 2.24) is 0 Å². The normalized spacial score (nSPS) is 30.8. The van der Waals surface area contributed by atoms with E-state index in [-0.39, 0.29) is 0 Å². The molecule has 1 heterocycles. The molecule has 1 aromatic rings. The molecule has 0 saturated carbocycles. The number of rotatable bonds is 6. The molecule has 0 aliphatic carbocycles. The molecule has 1 aliphatic heterocycles. The maximum absolute atomic E-state index is 10.5. The molecule has 128 valence electrons. The van der Waals surface area contributed by atoms with Crippen molar-refractivity contribution in [2.75, 3.05) is 18.9 Å². The fourth-order valence-corrected chi connectivity index (χ4v) is 2.19. The van der Waals surface area contributed by atoms with Crippen LogP contribution in [0.5, 0.6) is 5.75 Å². The molecule has 1 saturated heterocycles. The van der Waals surface area contributed by atoms with Gasteiger partial charge in [-0.25, -0.2) is 0 Å². The van der Waals surface area contributed by atoms with Gasteiger partial charge in [-0.1, -0.05) is 0 Å². The van der Waals surface area contributed by atoms with Gasteiger partial charge in [0.15, 0.2) is 0 Å². The minimum absolute atomic E-state index is 0.329. The maximum Gasteiger partial charge on any atom is 0.229 e. The first-order chi connectivity index (χ1) is 10.9. The van der Waals surface area contributed by atoms with Crippen molar-refractivity contribution in [2.45, 2.75) is 30.7 Å². The van der Waals surface area contributed by atoms with E-state index in [0.717, 1.165) is 0 Å². The van der Waals surface area contributed by atoms with Gasteiger partial charge in [0.05, 0.1) is 19.2 Å². The highest BCUT2D eigenvalue weighted by atomic mass is 16.7. The standard InChI is InChI=1S/C14H19NO8/c15-7-1-3-8(4-2-7)22-14-12(20)13(21-6-10(17)18)11(19)9(5-16)23-14/h1-4,9,11-14,16,19-20H,5-6,15H2,(H,17,18)/p-1. The summed E-state index contributed by atoms with van der Waals surface area (Å²) in [5, 5.41) is 39.9. The molecular formula is C14H18NO8-. The number of aliphatic hydroxyl groups excluding tert-OH is 3. The number of carboxylic acids is 1. The summed E-state index contributed by atoms with van der Waals surface area (Å²) >= 11 is 0. The highest BCUT2D eigenvalue weighted by Gasteiger charge is 2.46. The second kappa shape index (κ2) is 7.57. The average Bonchev–Trinajstić information content (AvgIpc) is 2.51. The van der Waals surface area contributed by atoms with Crippen molar-refractivity contribution in [3.63, 3.8) is 0 Å². The number of ether oxygens (including phenoxy) is 3. The predicted octanol–water partition coefficient (Wildman–Crippen LogP) is -2.78.